The summed E-state index contributed by atoms with van der Waals surface area (Å²) in [5, 5.41) is 12.4. The Morgan fingerprint density at radius 2 is 1.61 bits per heavy atom. The van der Waals surface area contributed by atoms with Gasteiger partial charge in [0.25, 0.3) is 11.8 Å². The van der Waals surface area contributed by atoms with E-state index in [1.807, 2.05) is 0 Å². The van der Waals surface area contributed by atoms with Crippen molar-refractivity contribution in [3.05, 3.63) is 70.8 Å². The van der Waals surface area contributed by atoms with Crippen LogP contribution in [0.4, 0.5) is 0 Å². The number of aliphatic hydroxyl groups excluding tert-OH is 1. The summed E-state index contributed by atoms with van der Waals surface area (Å²) in [6.45, 7) is 1.98. The zero-order valence-corrected chi connectivity index (χ0v) is 15.5. The summed E-state index contributed by atoms with van der Waals surface area (Å²) in [6.07, 6.45) is 0.565. The highest BCUT2D eigenvalue weighted by molar-refractivity contribution is 5.97. The van der Waals surface area contributed by atoms with Crippen molar-refractivity contribution in [2.24, 2.45) is 0 Å². The molecule has 2 aromatic carbocycles. The molecule has 0 saturated heterocycles. The highest BCUT2D eigenvalue weighted by Gasteiger charge is 2.18. The largest absolute Gasteiger partial charge is 0.392 e. The van der Waals surface area contributed by atoms with E-state index in [0.29, 0.717) is 34.8 Å². The third kappa shape index (κ3) is 5.85. The molecule has 0 radical (unpaired) electrons. The number of hydrogen-bond donors (Lipinski definition) is 2. The van der Waals surface area contributed by atoms with Gasteiger partial charge in [-0.15, -0.1) is 0 Å². The predicted molar refractivity (Wildman–Crippen MR) is 104 cm³/mol. The molecule has 0 aliphatic rings. The Morgan fingerprint density at radius 1 is 1.04 bits per heavy atom. The van der Waals surface area contributed by atoms with Crippen LogP contribution in [-0.4, -0.2) is 60.1 Å². The zero-order chi connectivity index (χ0) is 20.5. The standard InChI is InChI=1S/C21H22N2O5/c1-15(26)12-23(21(28)19-7-3-5-17(11-19)14-25)9-8-22-20(27)18-6-2-4-16(10-18)13-24/h2-7,10-11,13-15,26H,8-9,12H2,1H3,(H,22,27). The van der Waals surface area contributed by atoms with Gasteiger partial charge in [0.1, 0.15) is 12.6 Å². The van der Waals surface area contributed by atoms with Crippen LogP contribution in [0.5, 0.6) is 0 Å². The van der Waals surface area contributed by atoms with Crippen LogP contribution in [0, 0.1) is 0 Å². The third-order valence-corrected chi connectivity index (χ3v) is 3.99. The Balaban J connectivity index is 2.03. The fourth-order valence-electron chi connectivity index (χ4n) is 2.68. The van der Waals surface area contributed by atoms with Crippen molar-refractivity contribution in [3.8, 4) is 0 Å². The summed E-state index contributed by atoms with van der Waals surface area (Å²) in [5.74, 6) is -0.710. The molecule has 146 valence electrons. The topological polar surface area (TPSA) is 104 Å². The number of rotatable bonds is 9. The predicted octanol–water partition coefficient (Wildman–Crippen LogP) is 1.56. The highest BCUT2D eigenvalue weighted by atomic mass is 16.3. The van der Waals surface area contributed by atoms with E-state index in [9.17, 15) is 24.3 Å². The summed E-state index contributed by atoms with van der Waals surface area (Å²) >= 11 is 0. The lowest BCUT2D eigenvalue weighted by molar-refractivity contribution is 0.0644. The van der Waals surface area contributed by atoms with Crippen molar-refractivity contribution < 1.29 is 24.3 Å². The fraction of sp³-hybridized carbons (Fsp3) is 0.238. The van der Waals surface area contributed by atoms with Gasteiger partial charge in [-0.05, 0) is 31.2 Å². The first-order valence-corrected chi connectivity index (χ1v) is 8.80. The van der Waals surface area contributed by atoms with Crippen LogP contribution in [0.15, 0.2) is 48.5 Å². The first kappa shape index (κ1) is 21.0. The van der Waals surface area contributed by atoms with Crippen LogP contribution < -0.4 is 5.32 Å². The van der Waals surface area contributed by atoms with Gasteiger partial charge in [0.05, 0.1) is 6.10 Å². The molecule has 0 aliphatic heterocycles. The first-order valence-electron chi connectivity index (χ1n) is 8.80. The number of carbonyl (C=O) groups is 4. The number of carbonyl (C=O) groups excluding carboxylic acids is 4. The minimum atomic E-state index is -0.752. The number of hydrogen-bond acceptors (Lipinski definition) is 5. The Hall–Kier alpha value is -3.32. The molecule has 7 nitrogen and oxygen atoms in total. The van der Waals surface area contributed by atoms with Crippen LogP contribution in [0.3, 0.4) is 0 Å². The SMILES string of the molecule is CC(O)CN(CCNC(=O)c1cccc(C=O)c1)C(=O)c1cccc(C=O)c1. The minimum Gasteiger partial charge on any atom is -0.392 e. The molecule has 28 heavy (non-hydrogen) atoms. The maximum atomic E-state index is 12.7. The average Bonchev–Trinajstić information content (AvgIpc) is 2.72. The summed E-state index contributed by atoms with van der Waals surface area (Å²) in [4.78, 5) is 48.1. The molecule has 2 N–H and O–H groups in total. The van der Waals surface area contributed by atoms with Gasteiger partial charge in [-0.25, -0.2) is 0 Å². The van der Waals surface area contributed by atoms with Crippen LogP contribution in [0.25, 0.3) is 0 Å². The van der Waals surface area contributed by atoms with Crippen LogP contribution in [0.2, 0.25) is 0 Å². The van der Waals surface area contributed by atoms with Gasteiger partial charge in [-0.2, -0.15) is 0 Å². The molecule has 2 amide bonds. The van der Waals surface area contributed by atoms with E-state index >= 15 is 0 Å². The lowest BCUT2D eigenvalue weighted by Crippen LogP contribution is -2.42. The molecular weight excluding hydrogens is 360 g/mol. The van der Waals surface area contributed by atoms with Crippen molar-refractivity contribution in [2.75, 3.05) is 19.6 Å². The van der Waals surface area contributed by atoms with E-state index in [0.717, 1.165) is 0 Å². The van der Waals surface area contributed by atoms with Crippen LogP contribution >= 0.6 is 0 Å². The lowest BCUT2D eigenvalue weighted by Gasteiger charge is -2.24. The van der Waals surface area contributed by atoms with Gasteiger partial charge < -0.3 is 15.3 Å². The summed E-state index contributed by atoms with van der Waals surface area (Å²) < 4.78 is 0. The van der Waals surface area contributed by atoms with E-state index in [-0.39, 0.29) is 31.4 Å². The molecule has 1 unspecified atom stereocenters. The van der Waals surface area contributed by atoms with E-state index in [1.165, 1.54) is 17.0 Å². The van der Waals surface area contributed by atoms with Crippen LogP contribution in [0.1, 0.15) is 48.4 Å². The molecule has 0 spiro atoms. The molecule has 0 heterocycles. The average molecular weight is 382 g/mol. The molecule has 7 heteroatoms. The van der Waals surface area contributed by atoms with Gasteiger partial charge in [0.15, 0.2) is 0 Å². The van der Waals surface area contributed by atoms with Crippen molar-refractivity contribution in [1.82, 2.24) is 10.2 Å². The molecule has 2 rings (SSSR count). The first-order chi connectivity index (χ1) is 13.4. The number of amides is 2. The maximum absolute atomic E-state index is 12.7. The second-order valence-corrected chi connectivity index (χ2v) is 6.34. The van der Waals surface area contributed by atoms with Crippen molar-refractivity contribution in [1.29, 1.82) is 0 Å². The van der Waals surface area contributed by atoms with Gasteiger partial charge in [0.2, 0.25) is 0 Å². The second-order valence-electron chi connectivity index (χ2n) is 6.34. The molecule has 0 fully saturated rings. The smallest absolute Gasteiger partial charge is 0.254 e. The van der Waals surface area contributed by atoms with Crippen molar-refractivity contribution >= 4 is 24.4 Å². The fourth-order valence-corrected chi connectivity index (χ4v) is 2.68. The zero-order valence-electron chi connectivity index (χ0n) is 15.5. The van der Waals surface area contributed by atoms with Gasteiger partial charge in [-0.3, -0.25) is 19.2 Å². The molecule has 0 saturated carbocycles. The summed E-state index contributed by atoms with van der Waals surface area (Å²) in [5.41, 5.74) is 1.45. The maximum Gasteiger partial charge on any atom is 0.254 e. The summed E-state index contributed by atoms with van der Waals surface area (Å²) in [6, 6.07) is 12.6. The van der Waals surface area contributed by atoms with E-state index < -0.39 is 6.10 Å². The van der Waals surface area contributed by atoms with Gasteiger partial charge >= 0.3 is 0 Å². The number of aliphatic hydroxyl groups is 1. The molecule has 0 aromatic heterocycles. The lowest BCUT2D eigenvalue weighted by atomic mass is 10.1. The number of benzene rings is 2. The third-order valence-electron chi connectivity index (χ3n) is 3.99. The highest BCUT2D eigenvalue weighted by Crippen LogP contribution is 2.08. The van der Waals surface area contributed by atoms with E-state index in [4.69, 9.17) is 0 Å². The number of aldehydes is 2. The Labute approximate surface area is 163 Å². The van der Waals surface area contributed by atoms with E-state index in [2.05, 4.69) is 5.32 Å². The quantitative estimate of drug-likeness (QED) is 0.641. The molecule has 0 aliphatic carbocycles. The normalized spacial score (nSPS) is 11.4. The molecule has 2 aromatic rings. The monoisotopic (exact) mass is 382 g/mol. The molecule has 1 atom stereocenters. The Kier molecular flexibility index (Phi) is 7.59. The molecule has 0 bridgehead atoms. The van der Waals surface area contributed by atoms with E-state index in [1.54, 1.807) is 43.3 Å². The number of nitrogens with one attached hydrogen (secondary N) is 1. The van der Waals surface area contributed by atoms with Crippen molar-refractivity contribution in [2.45, 2.75) is 13.0 Å². The summed E-state index contributed by atoms with van der Waals surface area (Å²) in [7, 11) is 0. The molecular formula is C21H22N2O5. The number of nitrogens with zero attached hydrogens (tertiary/aromatic N) is 1. The Bertz CT molecular complexity index is 863. The minimum absolute atomic E-state index is 0.0840. The van der Waals surface area contributed by atoms with Gasteiger partial charge in [-0.1, -0.05) is 24.3 Å². The van der Waals surface area contributed by atoms with Crippen molar-refractivity contribution in [3.63, 3.8) is 0 Å². The Morgan fingerprint density at radius 3 is 2.18 bits per heavy atom. The second kappa shape index (κ2) is 10.1. The van der Waals surface area contributed by atoms with Gasteiger partial charge in [0, 0.05) is 41.9 Å². The van der Waals surface area contributed by atoms with Crippen LogP contribution in [-0.2, 0) is 0 Å².